The molecule has 0 saturated carbocycles. The summed E-state index contributed by atoms with van der Waals surface area (Å²) in [4.78, 5) is 4.51. The number of unbranched alkanes of at least 4 members (excludes halogenated alkanes) is 18. The Morgan fingerprint density at radius 2 is 1.03 bits per heavy atom. The van der Waals surface area contributed by atoms with Crippen LogP contribution < -0.4 is 0 Å². The van der Waals surface area contributed by atoms with Gasteiger partial charge in [0.15, 0.2) is 0 Å². The van der Waals surface area contributed by atoms with E-state index < -0.39 is 0 Å². The molecule has 3 heterocycles. The van der Waals surface area contributed by atoms with Crippen molar-refractivity contribution in [3.8, 4) is 20.2 Å². The average Bonchev–Trinajstić information content (AvgIpc) is 3.72. The van der Waals surface area contributed by atoms with Crippen LogP contribution in [0, 0.1) is 0 Å². The third kappa shape index (κ3) is 12.2. The Bertz CT molecular complexity index is 962. The first-order valence-corrected chi connectivity index (χ1v) is 19.2. The van der Waals surface area contributed by atoms with Gasteiger partial charge in [-0.25, -0.2) is 0 Å². The Labute approximate surface area is 253 Å². The van der Waals surface area contributed by atoms with Gasteiger partial charge < -0.3 is 0 Å². The second-order valence-electron chi connectivity index (χ2n) is 11.6. The SMILES string of the molecule is CCCCCCCCCCCCc1csc(-c2sccc2-c2cccs2)c1CCCCCCCCCCCC. The minimum Gasteiger partial charge on any atom is -0.144 e. The van der Waals surface area contributed by atoms with E-state index >= 15 is 0 Å². The van der Waals surface area contributed by atoms with E-state index in [1.165, 1.54) is 157 Å². The summed E-state index contributed by atoms with van der Waals surface area (Å²) in [6, 6.07) is 6.82. The molecule has 0 atom stereocenters. The summed E-state index contributed by atoms with van der Waals surface area (Å²) in [5.74, 6) is 0. The van der Waals surface area contributed by atoms with Crippen LogP contribution in [0.3, 0.4) is 0 Å². The standard InChI is InChI=1S/C36H56S3/c1-3-5-7-9-11-13-15-17-19-21-24-31-30-39-35(36-33(27-29-38-36)34-26-23-28-37-34)32(31)25-22-20-18-16-14-12-10-8-6-4-2/h23,26-30H,3-22,24-25H2,1-2H3. The predicted octanol–water partition coefficient (Wildman–Crippen LogP) is 14.1. The summed E-state index contributed by atoms with van der Waals surface area (Å²) >= 11 is 5.85. The van der Waals surface area contributed by atoms with E-state index in [4.69, 9.17) is 0 Å². The lowest BCUT2D eigenvalue weighted by Gasteiger charge is -2.09. The van der Waals surface area contributed by atoms with E-state index in [1.807, 2.05) is 34.0 Å². The molecule has 3 aromatic rings. The summed E-state index contributed by atoms with van der Waals surface area (Å²) in [6.07, 6.45) is 30.9. The van der Waals surface area contributed by atoms with Crippen LogP contribution in [0.1, 0.15) is 153 Å². The average molecular weight is 585 g/mol. The van der Waals surface area contributed by atoms with Crippen molar-refractivity contribution in [2.24, 2.45) is 0 Å². The van der Waals surface area contributed by atoms with Crippen molar-refractivity contribution < 1.29 is 0 Å². The molecule has 218 valence electrons. The molecular formula is C36H56S3. The molecular weight excluding hydrogens is 529 g/mol. The first-order chi connectivity index (χ1) is 19.3. The third-order valence-corrected chi connectivity index (χ3v) is 11.3. The van der Waals surface area contributed by atoms with Gasteiger partial charge in [0.25, 0.3) is 0 Å². The normalized spacial score (nSPS) is 11.5. The molecule has 0 aliphatic rings. The summed E-state index contributed by atoms with van der Waals surface area (Å²) in [6.45, 7) is 4.62. The monoisotopic (exact) mass is 584 g/mol. The van der Waals surface area contributed by atoms with Crippen LogP contribution in [0.4, 0.5) is 0 Å². The number of aryl methyl sites for hydroxylation is 1. The molecule has 3 heteroatoms. The Hall–Kier alpha value is -0.900. The van der Waals surface area contributed by atoms with Crippen molar-refractivity contribution in [2.45, 2.75) is 155 Å². The van der Waals surface area contributed by atoms with Crippen LogP contribution in [0.15, 0.2) is 34.3 Å². The van der Waals surface area contributed by atoms with Crippen LogP contribution >= 0.6 is 34.0 Å². The molecule has 0 radical (unpaired) electrons. The molecule has 0 amide bonds. The second kappa shape index (κ2) is 20.9. The minimum absolute atomic E-state index is 1.27. The van der Waals surface area contributed by atoms with Gasteiger partial charge in [-0.3, -0.25) is 0 Å². The predicted molar refractivity (Wildman–Crippen MR) is 182 cm³/mol. The summed E-state index contributed by atoms with van der Waals surface area (Å²) in [5, 5.41) is 7.04. The molecule has 3 rings (SSSR count). The van der Waals surface area contributed by atoms with Crippen LogP contribution in [0.5, 0.6) is 0 Å². The van der Waals surface area contributed by atoms with Gasteiger partial charge in [-0.1, -0.05) is 135 Å². The van der Waals surface area contributed by atoms with Crippen molar-refractivity contribution in [1.82, 2.24) is 0 Å². The lowest BCUT2D eigenvalue weighted by molar-refractivity contribution is 0.553. The second-order valence-corrected chi connectivity index (χ2v) is 14.3. The van der Waals surface area contributed by atoms with Gasteiger partial charge in [0.05, 0.1) is 4.88 Å². The van der Waals surface area contributed by atoms with E-state index in [9.17, 15) is 0 Å². The smallest absolute Gasteiger partial charge is 0.0531 e. The van der Waals surface area contributed by atoms with E-state index in [0.29, 0.717) is 0 Å². The van der Waals surface area contributed by atoms with Crippen molar-refractivity contribution in [1.29, 1.82) is 0 Å². The molecule has 0 nitrogen and oxygen atoms in total. The first kappa shape index (κ1) is 32.6. The van der Waals surface area contributed by atoms with Gasteiger partial charge in [-0.05, 0) is 65.1 Å². The molecule has 3 aromatic heterocycles. The lowest BCUT2D eigenvalue weighted by atomic mass is 9.97. The number of rotatable bonds is 24. The van der Waals surface area contributed by atoms with Gasteiger partial charge in [0, 0.05) is 15.3 Å². The summed E-state index contributed by atoms with van der Waals surface area (Å²) < 4.78 is 0. The maximum absolute atomic E-state index is 2.52. The van der Waals surface area contributed by atoms with E-state index in [-0.39, 0.29) is 0 Å². The molecule has 39 heavy (non-hydrogen) atoms. The zero-order chi connectivity index (χ0) is 27.4. The highest BCUT2D eigenvalue weighted by atomic mass is 32.1. The quantitative estimate of drug-likeness (QED) is 0.0918. The minimum atomic E-state index is 1.27. The van der Waals surface area contributed by atoms with Crippen LogP contribution in [-0.2, 0) is 12.8 Å². The lowest BCUT2D eigenvalue weighted by Crippen LogP contribution is -1.94. The molecule has 0 N–H and O–H groups in total. The van der Waals surface area contributed by atoms with Crippen LogP contribution in [0.2, 0.25) is 0 Å². The molecule has 0 saturated heterocycles. The van der Waals surface area contributed by atoms with E-state index in [2.05, 4.69) is 48.2 Å². The fourth-order valence-electron chi connectivity index (χ4n) is 5.80. The van der Waals surface area contributed by atoms with Gasteiger partial charge in [0.2, 0.25) is 0 Å². The highest BCUT2D eigenvalue weighted by Gasteiger charge is 2.18. The molecule has 0 aromatic carbocycles. The molecule has 0 fully saturated rings. The molecule has 0 spiro atoms. The van der Waals surface area contributed by atoms with Crippen molar-refractivity contribution >= 4 is 34.0 Å². The van der Waals surface area contributed by atoms with Crippen molar-refractivity contribution in [2.75, 3.05) is 0 Å². The van der Waals surface area contributed by atoms with Gasteiger partial charge >= 0.3 is 0 Å². The van der Waals surface area contributed by atoms with Gasteiger partial charge in [0.1, 0.15) is 0 Å². The number of thiophene rings is 3. The van der Waals surface area contributed by atoms with E-state index in [1.54, 1.807) is 16.0 Å². The van der Waals surface area contributed by atoms with Crippen LogP contribution in [-0.4, -0.2) is 0 Å². The maximum Gasteiger partial charge on any atom is 0.0531 e. The fraction of sp³-hybridized carbons (Fsp3) is 0.667. The van der Waals surface area contributed by atoms with Crippen molar-refractivity contribution in [3.05, 3.63) is 45.5 Å². The first-order valence-electron chi connectivity index (χ1n) is 16.6. The zero-order valence-electron chi connectivity index (χ0n) is 25.2. The molecule has 0 bridgehead atoms. The number of hydrogen-bond donors (Lipinski definition) is 0. The Balaban J connectivity index is 1.49. The Morgan fingerprint density at radius 3 is 1.56 bits per heavy atom. The molecule has 0 aliphatic heterocycles. The Morgan fingerprint density at radius 1 is 0.487 bits per heavy atom. The fourth-order valence-corrected chi connectivity index (χ4v) is 8.89. The highest BCUT2D eigenvalue weighted by Crippen LogP contribution is 2.44. The maximum atomic E-state index is 2.52. The third-order valence-electron chi connectivity index (χ3n) is 8.22. The van der Waals surface area contributed by atoms with Crippen molar-refractivity contribution in [3.63, 3.8) is 0 Å². The molecule has 0 unspecified atom stereocenters. The Kier molecular flexibility index (Phi) is 17.5. The highest BCUT2D eigenvalue weighted by molar-refractivity contribution is 7.21. The van der Waals surface area contributed by atoms with Crippen LogP contribution in [0.25, 0.3) is 20.2 Å². The van der Waals surface area contributed by atoms with Gasteiger partial charge in [-0.2, -0.15) is 0 Å². The number of hydrogen-bond acceptors (Lipinski definition) is 3. The molecule has 0 aliphatic carbocycles. The van der Waals surface area contributed by atoms with Gasteiger partial charge in [-0.15, -0.1) is 34.0 Å². The zero-order valence-corrected chi connectivity index (χ0v) is 27.7. The summed E-state index contributed by atoms with van der Waals surface area (Å²) in [5.41, 5.74) is 4.80. The largest absolute Gasteiger partial charge is 0.144 e. The topological polar surface area (TPSA) is 0 Å². The van der Waals surface area contributed by atoms with E-state index in [0.717, 1.165) is 0 Å². The summed E-state index contributed by atoms with van der Waals surface area (Å²) in [7, 11) is 0.